The lowest BCUT2D eigenvalue weighted by Crippen LogP contribution is -2.53. The normalized spacial score (nSPS) is 17.1. The van der Waals surface area contributed by atoms with E-state index in [-0.39, 0.29) is 18.2 Å². The van der Waals surface area contributed by atoms with Crippen molar-refractivity contribution >= 4 is 11.6 Å². The van der Waals surface area contributed by atoms with Crippen LogP contribution in [0.15, 0.2) is 24.3 Å². The number of phenols is 1. The molecule has 0 spiro atoms. The zero-order valence-corrected chi connectivity index (χ0v) is 11.7. The molecule has 0 saturated carbocycles. The highest BCUT2D eigenvalue weighted by molar-refractivity contribution is 5.81. The SMILES string of the molecule is COC(CN)C(=O)N1CCN(c2ccc(O)cc2)CC1. The molecule has 6 heteroatoms. The van der Waals surface area contributed by atoms with Crippen molar-refractivity contribution < 1.29 is 14.6 Å². The first-order chi connectivity index (χ1) is 9.65. The number of anilines is 1. The van der Waals surface area contributed by atoms with Gasteiger partial charge in [-0.2, -0.15) is 0 Å². The maximum atomic E-state index is 12.1. The Hall–Kier alpha value is -1.79. The van der Waals surface area contributed by atoms with Gasteiger partial charge in [0.05, 0.1) is 0 Å². The van der Waals surface area contributed by atoms with Gasteiger partial charge in [0, 0.05) is 45.5 Å². The van der Waals surface area contributed by atoms with Crippen LogP contribution in [-0.4, -0.2) is 61.9 Å². The van der Waals surface area contributed by atoms with Crippen LogP contribution in [0.25, 0.3) is 0 Å². The topological polar surface area (TPSA) is 79.0 Å². The third-order valence-corrected chi connectivity index (χ3v) is 3.58. The molecule has 0 radical (unpaired) electrons. The average Bonchev–Trinajstić information content (AvgIpc) is 2.49. The Morgan fingerprint density at radius 2 is 1.90 bits per heavy atom. The van der Waals surface area contributed by atoms with E-state index in [0.717, 1.165) is 18.8 Å². The number of phenolic OH excluding ortho intramolecular Hbond substituents is 1. The number of rotatable bonds is 4. The molecule has 1 saturated heterocycles. The van der Waals surface area contributed by atoms with E-state index in [0.29, 0.717) is 13.1 Å². The quantitative estimate of drug-likeness (QED) is 0.812. The number of piperazine rings is 1. The largest absolute Gasteiger partial charge is 0.508 e. The molecule has 0 aromatic heterocycles. The third-order valence-electron chi connectivity index (χ3n) is 3.58. The molecule has 2 rings (SSSR count). The van der Waals surface area contributed by atoms with Gasteiger partial charge in [-0.1, -0.05) is 0 Å². The highest BCUT2D eigenvalue weighted by Crippen LogP contribution is 2.20. The van der Waals surface area contributed by atoms with E-state index in [1.54, 1.807) is 17.0 Å². The summed E-state index contributed by atoms with van der Waals surface area (Å²) < 4.78 is 5.08. The monoisotopic (exact) mass is 279 g/mol. The maximum Gasteiger partial charge on any atom is 0.253 e. The van der Waals surface area contributed by atoms with Gasteiger partial charge in [0.1, 0.15) is 11.9 Å². The summed E-state index contributed by atoms with van der Waals surface area (Å²) in [5, 5.41) is 9.29. The predicted octanol–water partition coefficient (Wildman–Crippen LogP) is 0.0145. The summed E-state index contributed by atoms with van der Waals surface area (Å²) in [7, 11) is 1.50. The molecule has 1 aromatic carbocycles. The van der Waals surface area contributed by atoms with E-state index < -0.39 is 6.10 Å². The predicted molar refractivity (Wildman–Crippen MR) is 76.8 cm³/mol. The standard InChI is InChI=1S/C14H21N3O3/c1-20-13(10-15)14(19)17-8-6-16(7-9-17)11-2-4-12(18)5-3-11/h2-5,13,18H,6-10,15H2,1H3. The molecule has 1 aliphatic heterocycles. The molecule has 20 heavy (non-hydrogen) atoms. The molecule has 3 N–H and O–H groups in total. The Kier molecular flexibility index (Phi) is 4.81. The molecule has 110 valence electrons. The van der Waals surface area contributed by atoms with Crippen LogP contribution in [0.4, 0.5) is 5.69 Å². The summed E-state index contributed by atoms with van der Waals surface area (Å²) in [6, 6.07) is 7.10. The van der Waals surface area contributed by atoms with Crippen molar-refractivity contribution in [2.45, 2.75) is 6.10 Å². The summed E-state index contributed by atoms with van der Waals surface area (Å²) in [6.07, 6.45) is -0.546. The first kappa shape index (κ1) is 14.6. The van der Waals surface area contributed by atoms with Gasteiger partial charge in [-0.05, 0) is 24.3 Å². The molecular weight excluding hydrogens is 258 g/mol. The van der Waals surface area contributed by atoms with E-state index in [1.807, 2.05) is 12.1 Å². The van der Waals surface area contributed by atoms with Crippen molar-refractivity contribution in [2.24, 2.45) is 5.73 Å². The van der Waals surface area contributed by atoms with Crippen molar-refractivity contribution in [1.82, 2.24) is 4.90 Å². The van der Waals surface area contributed by atoms with Gasteiger partial charge < -0.3 is 25.4 Å². The van der Waals surface area contributed by atoms with Crippen molar-refractivity contribution in [3.63, 3.8) is 0 Å². The zero-order valence-electron chi connectivity index (χ0n) is 11.7. The number of aromatic hydroxyl groups is 1. The first-order valence-electron chi connectivity index (χ1n) is 6.71. The highest BCUT2D eigenvalue weighted by Gasteiger charge is 2.26. The van der Waals surface area contributed by atoms with Crippen molar-refractivity contribution in [3.8, 4) is 5.75 Å². The molecule has 0 bridgehead atoms. The fourth-order valence-corrected chi connectivity index (χ4v) is 2.35. The molecule has 6 nitrogen and oxygen atoms in total. The number of hydrogen-bond acceptors (Lipinski definition) is 5. The highest BCUT2D eigenvalue weighted by atomic mass is 16.5. The number of hydrogen-bond donors (Lipinski definition) is 2. The van der Waals surface area contributed by atoms with Crippen LogP contribution in [0.3, 0.4) is 0 Å². The molecular formula is C14H21N3O3. The lowest BCUT2D eigenvalue weighted by atomic mass is 10.2. The summed E-state index contributed by atoms with van der Waals surface area (Å²) >= 11 is 0. The average molecular weight is 279 g/mol. The van der Waals surface area contributed by atoms with Gasteiger partial charge in [0.2, 0.25) is 0 Å². The summed E-state index contributed by atoms with van der Waals surface area (Å²) in [5.41, 5.74) is 6.57. The van der Waals surface area contributed by atoms with Crippen LogP contribution in [0.5, 0.6) is 5.75 Å². The lowest BCUT2D eigenvalue weighted by Gasteiger charge is -2.37. The molecule has 1 aliphatic rings. The van der Waals surface area contributed by atoms with Gasteiger partial charge in [0.15, 0.2) is 0 Å². The third kappa shape index (κ3) is 3.20. The second-order valence-electron chi connectivity index (χ2n) is 4.79. The van der Waals surface area contributed by atoms with E-state index in [2.05, 4.69) is 4.90 Å². The molecule has 1 aromatic rings. The van der Waals surface area contributed by atoms with Crippen LogP contribution in [0, 0.1) is 0 Å². The first-order valence-corrected chi connectivity index (χ1v) is 6.71. The fourth-order valence-electron chi connectivity index (χ4n) is 2.35. The number of nitrogens with zero attached hydrogens (tertiary/aromatic N) is 2. The van der Waals surface area contributed by atoms with Gasteiger partial charge in [-0.25, -0.2) is 0 Å². The van der Waals surface area contributed by atoms with Crippen molar-refractivity contribution in [2.75, 3.05) is 44.7 Å². The van der Waals surface area contributed by atoms with E-state index in [4.69, 9.17) is 10.5 Å². The Morgan fingerprint density at radius 1 is 1.30 bits per heavy atom. The number of methoxy groups -OCH3 is 1. The number of amides is 1. The van der Waals surface area contributed by atoms with Crippen LogP contribution in [0.2, 0.25) is 0 Å². The van der Waals surface area contributed by atoms with Crippen LogP contribution in [-0.2, 0) is 9.53 Å². The number of carbonyl (C=O) groups is 1. The number of benzene rings is 1. The minimum Gasteiger partial charge on any atom is -0.508 e. The Balaban J connectivity index is 1.92. The Morgan fingerprint density at radius 3 is 2.40 bits per heavy atom. The fraction of sp³-hybridized carbons (Fsp3) is 0.500. The van der Waals surface area contributed by atoms with Gasteiger partial charge in [0.25, 0.3) is 5.91 Å². The lowest BCUT2D eigenvalue weighted by molar-refractivity contribution is -0.141. The van der Waals surface area contributed by atoms with Crippen LogP contribution in [0.1, 0.15) is 0 Å². The number of carbonyl (C=O) groups excluding carboxylic acids is 1. The van der Waals surface area contributed by atoms with Gasteiger partial charge >= 0.3 is 0 Å². The van der Waals surface area contributed by atoms with Gasteiger partial charge in [-0.3, -0.25) is 4.79 Å². The summed E-state index contributed by atoms with van der Waals surface area (Å²) in [5.74, 6) is 0.216. The van der Waals surface area contributed by atoms with Crippen molar-refractivity contribution in [1.29, 1.82) is 0 Å². The smallest absolute Gasteiger partial charge is 0.253 e. The molecule has 1 amide bonds. The number of nitrogens with two attached hydrogens (primary N) is 1. The molecule has 1 atom stereocenters. The van der Waals surface area contributed by atoms with E-state index in [9.17, 15) is 9.90 Å². The van der Waals surface area contributed by atoms with E-state index >= 15 is 0 Å². The summed E-state index contributed by atoms with van der Waals surface area (Å²) in [6.45, 7) is 3.03. The van der Waals surface area contributed by atoms with Crippen LogP contribution >= 0.6 is 0 Å². The molecule has 0 aliphatic carbocycles. The Labute approximate surface area is 118 Å². The second kappa shape index (κ2) is 6.58. The van der Waals surface area contributed by atoms with E-state index in [1.165, 1.54) is 7.11 Å². The minimum absolute atomic E-state index is 0.0413. The van der Waals surface area contributed by atoms with Crippen molar-refractivity contribution in [3.05, 3.63) is 24.3 Å². The zero-order chi connectivity index (χ0) is 14.5. The van der Waals surface area contributed by atoms with Crippen LogP contribution < -0.4 is 10.6 Å². The van der Waals surface area contributed by atoms with Gasteiger partial charge in [-0.15, -0.1) is 0 Å². The molecule has 1 heterocycles. The summed E-state index contributed by atoms with van der Waals surface area (Å²) in [4.78, 5) is 16.1. The molecule has 1 fully saturated rings. The molecule has 1 unspecified atom stereocenters. The minimum atomic E-state index is -0.546. The number of ether oxygens (including phenoxy) is 1. The Bertz CT molecular complexity index is 437. The maximum absolute atomic E-state index is 12.1. The second-order valence-corrected chi connectivity index (χ2v) is 4.79.